The lowest BCUT2D eigenvalue weighted by atomic mass is 10.1. The highest BCUT2D eigenvalue weighted by Gasteiger charge is 2.16. The zero-order valence-electron chi connectivity index (χ0n) is 12.5. The Morgan fingerprint density at radius 3 is 2.55 bits per heavy atom. The monoisotopic (exact) mass is 301 g/mol. The Bertz CT molecular complexity index is 528. The van der Waals surface area contributed by atoms with Crippen LogP contribution in [0.25, 0.3) is 0 Å². The molecule has 5 nitrogen and oxygen atoms in total. The van der Waals surface area contributed by atoms with Gasteiger partial charge in [-0.2, -0.15) is 0 Å². The van der Waals surface area contributed by atoms with Gasteiger partial charge >= 0.3 is 0 Å². The van der Waals surface area contributed by atoms with Crippen molar-refractivity contribution in [2.24, 2.45) is 0 Å². The van der Waals surface area contributed by atoms with E-state index in [1.165, 1.54) is 7.11 Å². The number of hydrogen-bond donors (Lipinski definition) is 1. The topological polar surface area (TPSA) is 64.6 Å². The Balaban J connectivity index is 3.02. The SMILES string of the molecule is CNC(C)c1ccc(OC)c(CS(=O)(=O)CCOC)c1. The van der Waals surface area contributed by atoms with Crippen molar-refractivity contribution in [1.29, 1.82) is 0 Å². The van der Waals surface area contributed by atoms with Gasteiger partial charge in [-0.3, -0.25) is 0 Å². The quantitative estimate of drug-likeness (QED) is 0.789. The van der Waals surface area contributed by atoms with Crippen molar-refractivity contribution in [2.75, 3.05) is 33.6 Å². The van der Waals surface area contributed by atoms with E-state index in [0.717, 1.165) is 5.56 Å². The molecular weight excluding hydrogens is 278 g/mol. The minimum Gasteiger partial charge on any atom is -0.496 e. The van der Waals surface area contributed by atoms with E-state index in [-0.39, 0.29) is 24.2 Å². The lowest BCUT2D eigenvalue weighted by molar-refractivity contribution is 0.217. The van der Waals surface area contributed by atoms with Crippen LogP contribution in [-0.4, -0.2) is 42.0 Å². The second-order valence-corrected chi connectivity index (χ2v) is 6.85. The van der Waals surface area contributed by atoms with Gasteiger partial charge in [-0.05, 0) is 31.7 Å². The highest BCUT2D eigenvalue weighted by Crippen LogP contribution is 2.25. The van der Waals surface area contributed by atoms with E-state index in [1.807, 2.05) is 32.2 Å². The number of ether oxygens (including phenoxy) is 2. The molecule has 0 aromatic heterocycles. The van der Waals surface area contributed by atoms with Crippen LogP contribution in [0.4, 0.5) is 0 Å². The van der Waals surface area contributed by atoms with Gasteiger partial charge in [0, 0.05) is 18.7 Å². The highest BCUT2D eigenvalue weighted by atomic mass is 32.2. The van der Waals surface area contributed by atoms with Crippen molar-refractivity contribution in [2.45, 2.75) is 18.7 Å². The maximum atomic E-state index is 12.0. The molecule has 1 unspecified atom stereocenters. The maximum Gasteiger partial charge on any atom is 0.156 e. The first-order valence-electron chi connectivity index (χ1n) is 6.47. The molecule has 0 bridgehead atoms. The lowest BCUT2D eigenvalue weighted by Gasteiger charge is -2.15. The molecule has 1 N–H and O–H groups in total. The van der Waals surface area contributed by atoms with Crippen LogP contribution in [0.3, 0.4) is 0 Å². The van der Waals surface area contributed by atoms with E-state index in [0.29, 0.717) is 11.3 Å². The summed E-state index contributed by atoms with van der Waals surface area (Å²) in [5, 5.41) is 3.13. The van der Waals surface area contributed by atoms with Gasteiger partial charge in [0.05, 0.1) is 25.2 Å². The average molecular weight is 301 g/mol. The fraction of sp³-hybridized carbons (Fsp3) is 0.571. The summed E-state index contributed by atoms with van der Waals surface area (Å²) in [5.74, 6) is 0.570. The number of sulfone groups is 1. The van der Waals surface area contributed by atoms with Crippen LogP contribution in [0.2, 0.25) is 0 Å². The maximum absolute atomic E-state index is 12.0. The van der Waals surface area contributed by atoms with Gasteiger partial charge < -0.3 is 14.8 Å². The molecule has 1 aromatic rings. The molecule has 114 valence electrons. The van der Waals surface area contributed by atoms with Crippen molar-refractivity contribution >= 4 is 9.84 Å². The summed E-state index contributed by atoms with van der Waals surface area (Å²) in [4.78, 5) is 0. The molecule has 0 aliphatic carbocycles. The lowest BCUT2D eigenvalue weighted by Crippen LogP contribution is -2.16. The normalized spacial score (nSPS) is 13.2. The second-order valence-electron chi connectivity index (χ2n) is 4.67. The summed E-state index contributed by atoms with van der Waals surface area (Å²) in [5.41, 5.74) is 1.72. The first kappa shape index (κ1) is 16.9. The second kappa shape index (κ2) is 7.61. The molecule has 20 heavy (non-hydrogen) atoms. The molecule has 0 heterocycles. The van der Waals surface area contributed by atoms with E-state index in [4.69, 9.17) is 9.47 Å². The van der Waals surface area contributed by atoms with Crippen LogP contribution in [0.15, 0.2) is 18.2 Å². The Morgan fingerprint density at radius 2 is 2.00 bits per heavy atom. The molecule has 0 saturated carbocycles. The molecule has 0 spiro atoms. The molecular formula is C14H23NO4S. The smallest absolute Gasteiger partial charge is 0.156 e. The number of hydrogen-bond acceptors (Lipinski definition) is 5. The molecule has 1 atom stereocenters. The molecule has 0 fully saturated rings. The van der Waals surface area contributed by atoms with Crippen molar-refractivity contribution in [3.63, 3.8) is 0 Å². The Kier molecular flexibility index (Phi) is 6.45. The van der Waals surface area contributed by atoms with Gasteiger partial charge in [-0.25, -0.2) is 8.42 Å². The van der Waals surface area contributed by atoms with Crippen molar-refractivity contribution in [1.82, 2.24) is 5.32 Å². The summed E-state index contributed by atoms with van der Waals surface area (Å²) in [7, 11) is 1.70. The summed E-state index contributed by atoms with van der Waals surface area (Å²) in [6.45, 7) is 2.22. The van der Waals surface area contributed by atoms with Crippen molar-refractivity contribution in [3.8, 4) is 5.75 Å². The van der Waals surface area contributed by atoms with E-state index >= 15 is 0 Å². The van der Waals surface area contributed by atoms with Gasteiger partial charge in [0.2, 0.25) is 0 Å². The predicted molar refractivity (Wildman–Crippen MR) is 79.8 cm³/mol. The Hall–Kier alpha value is -1.11. The van der Waals surface area contributed by atoms with Crippen LogP contribution in [0.1, 0.15) is 24.1 Å². The third-order valence-corrected chi connectivity index (χ3v) is 4.75. The van der Waals surface area contributed by atoms with E-state index in [1.54, 1.807) is 7.11 Å². The van der Waals surface area contributed by atoms with E-state index in [2.05, 4.69) is 5.32 Å². The number of methoxy groups -OCH3 is 2. The molecule has 6 heteroatoms. The fourth-order valence-electron chi connectivity index (χ4n) is 1.87. The zero-order valence-corrected chi connectivity index (χ0v) is 13.3. The van der Waals surface area contributed by atoms with E-state index in [9.17, 15) is 8.42 Å². The number of benzene rings is 1. The third kappa shape index (κ3) is 4.77. The molecule has 1 rings (SSSR count). The predicted octanol–water partition coefficient (Wildman–Crippen LogP) is 1.54. The van der Waals surface area contributed by atoms with Crippen LogP contribution < -0.4 is 10.1 Å². The fourth-order valence-corrected chi connectivity index (χ4v) is 3.13. The summed E-state index contributed by atoms with van der Waals surface area (Å²) in [6, 6.07) is 5.78. The molecule has 0 aliphatic rings. The summed E-state index contributed by atoms with van der Waals surface area (Å²) >= 11 is 0. The standard InChI is InChI=1S/C14H23NO4S/c1-11(15-2)12-5-6-14(19-4)13(9-12)10-20(16,17)8-7-18-3/h5-6,9,11,15H,7-8,10H2,1-4H3. The molecule has 0 saturated heterocycles. The average Bonchev–Trinajstić information content (AvgIpc) is 2.43. The van der Waals surface area contributed by atoms with Crippen LogP contribution in [0, 0.1) is 0 Å². The Labute approximate surface area is 121 Å². The minimum atomic E-state index is -3.20. The van der Waals surface area contributed by atoms with Gasteiger partial charge in [0.25, 0.3) is 0 Å². The molecule has 0 aliphatic heterocycles. The van der Waals surface area contributed by atoms with Crippen molar-refractivity contribution < 1.29 is 17.9 Å². The highest BCUT2D eigenvalue weighted by molar-refractivity contribution is 7.90. The van der Waals surface area contributed by atoms with E-state index < -0.39 is 9.84 Å². The van der Waals surface area contributed by atoms with Crippen LogP contribution in [0.5, 0.6) is 5.75 Å². The van der Waals surface area contributed by atoms with Gasteiger partial charge in [0.1, 0.15) is 5.75 Å². The van der Waals surface area contributed by atoms with Crippen LogP contribution >= 0.6 is 0 Å². The van der Waals surface area contributed by atoms with Gasteiger partial charge in [-0.1, -0.05) is 6.07 Å². The third-order valence-electron chi connectivity index (χ3n) is 3.21. The van der Waals surface area contributed by atoms with Crippen LogP contribution in [-0.2, 0) is 20.3 Å². The van der Waals surface area contributed by atoms with Gasteiger partial charge in [0.15, 0.2) is 9.84 Å². The molecule has 1 aromatic carbocycles. The van der Waals surface area contributed by atoms with Crippen molar-refractivity contribution in [3.05, 3.63) is 29.3 Å². The first-order valence-corrected chi connectivity index (χ1v) is 8.29. The van der Waals surface area contributed by atoms with Gasteiger partial charge in [-0.15, -0.1) is 0 Å². The first-order chi connectivity index (χ1) is 9.43. The number of nitrogens with one attached hydrogen (secondary N) is 1. The minimum absolute atomic E-state index is 0.0124. The zero-order chi connectivity index (χ0) is 15.2. The number of rotatable bonds is 8. The Morgan fingerprint density at radius 1 is 1.30 bits per heavy atom. The summed E-state index contributed by atoms with van der Waals surface area (Å²) < 4.78 is 34.1. The molecule has 0 radical (unpaired) electrons. The summed E-state index contributed by atoms with van der Waals surface area (Å²) in [6.07, 6.45) is 0. The molecule has 0 amide bonds. The largest absolute Gasteiger partial charge is 0.496 e.